The summed E-state index contributed by atoms with van der Waals surface area (Å²) in [5, 5.41) is 24.6. The highest BCUT2D eigenvalue weighted by atomic mass is 35.5. The molecule has 8 nitrogen and oxygen atoms in total. The average molecular weight is 495 g/mol. The van der Waals surface area contributed by atoms with Crippen molar-refractivity contribution in [2.24, 2.45) is 7.05 Å². The van der Waals surface area contributed by atoms with Gasteiger partial charge in [-0.2, -0.15) is 5.10 Å². The number of nitrogens with one attached hydrogen (secondary N) is 2. The number of fused-ring (bicyclic) bond motifs is 3. The first-order chi connectivity index (χ1) is 16.9. The first kappa shape index (κ1) is 23.8. The maximum atomic E-state index is 13.2. The van der Waals surface area contributed by atoms with Crippen molar-refractivity contribution in [3.8, 4) is 0 Å². The van der Waals surface area contributed by atoms with Gasteiger partial charge in [0.25, 0.3) is 5.56 Å². The van der Waals surface area contributed by atoms with Crippen LogP contribution in [0.15, 0.2) is 35.1 Å². The highest BCUT2D eigenvalue weighted by molar-refractivity contribution is 6.29. The lowest BCUT2D eigenvalue weighted by Crippen LogP contribution is -2.27. The second-order valence-corrected chi connectivity index (χ2v) is 9.79. The molecule has 0 spiro atoms. The van der Waals surface area contributed by atoms with Gasteiger partial charge in [-0.3, -0.25) is 9.36 Å². The molecule has 4 heterocycles. The molecule has 1 unspecified atom stereocenters. The fourth-order valence-electron chi connectivity index (χ4n) is 5.23. The van der Waals surface area contributed by atoms with Crippen LogP contribution in [-0.4, -0.2) is 44.1 Å². The van der Waals surface area contributed by atoms with Gasteiger partial charge in [-0.25, -0.2) is 9.67 Å². The number of hydrogen-bond acceptors (Lipinski definition) is 6. The van der Waals surface area contributed by atoms with Gasteiger partial charge in [0, 0.05) is 23.7 Å². The van der Waals surface area contributed by atoms with Crippen LogP contribution in [0.1, 0.15) is 48.7 Å². The quantitative estimate of drug-likeness (QED) is 0.352. The van der Waals surface area contributed by atoms with Gasteiger partial charge in [0.1, 0.15) is 10.8 Å². The Morgan fingerprint density at radius 3 is 2.74 bits per heavy atom. The van der Waals surface area contributed by atoms with Crippen LogP contribution < -0.4 is 16.2 Å². The van der Waals surface area contributed by atoms with E-state index in [1.54, 1.807) is 16.3 Å². The zero-order chi connectivity index (χ0) is 24.7. The SMILES string of the molecule is Cc1ccc2c(c1)c(=O)n(C)c1c2c(C(C)Nc2ccc(Cl)nc2C2CCNCC2)nn1CCO. The van der Waals surface area contributed by atoms with Crippen molar-refractivity contribution in [2.45, 2.75) is 45.2 Å². The van der Waals surface area contributed by atoms with Gasteiger partial charge in [-0.15, -0.1) is 0 Å². The predicted molar refractivity (Wildman–Crippen MR) is 140 cm³/mol. The molecule has 1 aromatic carbocycles. The van der Waals surface area contributed by atoms with Crippen molar-refractivity contribution >= 4 is 39.1 Å². The largest absolute Gasteiger partial charge is 0.394 e. The van der Waals surface area contributed by atoms with E-state index in [9.17, 15) is 9.90 Å². The molecule has 184 valence electrons. The number of rotatable bonds is 6. The van der Waals surface area contributed by atoms with E-state index in [1.165, 1.54) is 0 Å². The Kier molecular flexibility index (Phi) is 6.53. The third-order valence-corrected chi connectivity index (χ3v) is 7.17. The minimum absolute atomic E-state index is 0.0703. The maximum absolute atomic E-state index is 13.2. The summed E-state index contributed by atoms with van der Waals surface area (Å²) in [6, 6.07) is 9.58. The first-order valence-electron chi connectivity index (χ1n) is 12.1. The molecule has 1 aliphatic rings. The molecule has 1 aliphatic heterocycles. The number of aliphatic hydroxyl groups is 1. The normalized spacial score (nSPS) is 15.7. The second-order valence-electron chi connectivity index (χ2n) is 9.40. The summed E-state index contributed by atoms with van der Waals surface area (Å²) >= 11 is 6.29. The fourth-order valence-corrected chi connectivity index (χ4v) is 5.39. The summed E-state index contributed by atoms with van der Waals surface area (Å²) in [4.78, 5) is 17.9. The third kappa shape index (κ3) is 4.30. The zero-order valence-electron chi connectivity index (χ0n) is 20.3. The summed E-state index contributed by atoms with van der Waals surface area (Å²) in [6.07, 6.45) is 2.02. The molecule has 3 aromatic heterocycles. The summed E-state index contributed by atoms with van der Waals surface area (Å²) in [7, 11) is 1.77. The number of piperidine rings is 1. The number of aliphatic hydroxyl groups excluding tert-OH is 1. The van der Waals surface area contributed by atoms with Gasteiger partial charge >= 0.3 is 0 Å². The maximum Gasteiger partial charge on any atom is 0.259 e. The number of anilines is 1. The van der Waals surface area contributed by atoms with Crippen molar-refractivity contribution in [2.75, 3.05) is 25.0 Å². The van der Waals surface area contributed by atoms with Crippen LogP contribution in [0.2, 0.25) is 5.15 Å². The van der Waals surface area contributed by atoms with E-state index < -0.39 is 0 Å². The number of halogens is 1. The van der Waals surface area contributed by atoms with Gasteiger partial charge in [0.05, 0.1) is 41.7 Å². The number of aromatic nitrogens is 4. The molecule has 35 heavy (non-hydrogen) atoms. The van der Waals surface area contributed by atoms with Crippen molar-refractivity contribution < 1.29 is 5.11 Å². The van der Waals surface area contributed by atoms with Crippen LogP contribution in [0, 0.1) is 6.92 Å². The number of aryl methyl sites for hydroxylation is 2. The van der Waals surface area contributed by atoms with E-state index in [4.69, 9.17) is 21.7 Å². The minimum atomic E-state index is -0.178. The number of nitrogens with zero attached hydrogens (tertiary/aromatic N) is 4. The molecule has 3 N–H and O–H groups in total. The Bertz CT molecular complexity index is 1450. The molecule has 0 aliphatic carbocycles. The molecular formula is C26H31ClN6O2. The lowest BCUT2D eigenvalue weighted by atomic mass is 9.93. The van der Waals surface area contributed by atoms with Gasteiger partial charge < -0.3 is 15.7 Å². The Hall–Kier alpha value is -2.94. The standard InChI is InChI=1S/C26H31ClN6O2/c1-15-4-5-18-19(14-15)26(35)32(3)25-22(18)23(31-33(25)12-13-34)16(2)29-20-6-7-21(27)30-24(20)17-8-10-28-11-9-17/h4-7,14,16-17,28-29,34H,8-13H2,1-3H3. The van der Waals surface area contributed by atoms with Crippen LogP contribution >= 0.6 is 11.6 Å². The lowest BCUT2D eigenvalue weighted by molar-refractivity contribution is 0.270. The van der Waals surface area contributed by atoms with Crippen molar-refractivity contribution in [3.05, 3.63) is 62.8 Å². The third-order valence-electron chi connectivity index (χ3n) is 6.96. The van der Waals surface area contributed by atoms with Crippen LogP contribution in [0.3, 0.4) is 0 Å². The molecule has 5 rings (SSSR count). The highest BCUT2D eigenvalue weighted by Crippen LogP contribution is 2.35. The van der Waals surface area contributed by atoms with Crippen LogP contribution in [-0.2, 0) is 13.6 Å². The average Bonchev–Trinajstić information content (AvgIpc) is 3.24. The Balaban J connectivity index is 1.65. The molecule has 1 saturated heterocycles. The lowest BCUT2D eigenvalue weighted by Gasteiger charge is -2.25. The second kappa shape index (κ2) is 9.60. The Morgan fingerprint density at radius 1 is 1.23 bits per heavy atom. The van der Waals surface area contributed by atoms with E-state index in [0.717, 1.165) is 59.3 Å². The first-order valence-corrected chi connectivity index (χ1v) is 12.5. The van der Waals surface area contributed by atoms with Crippen molar-refractivity contribution in [3.63, 3.8) is 0 Å². The van der Waals surface area contributed by atoms with Crippen molar-refractivity contribution in [1.29, 1.82) is 0 Å². The molecule has 1 atom stereocenters. The molecule has 1 fully saturated rings. The summed E-state index contributed by atoms with van der Waals surface area (Å²) in [5.41, 5.74) is 4.42. The van der Waals surface area contributed by atoms with E-state index in [0.29, 0.717) is 28.6 Å². The molecule has 4 aromatic rings. The molecular weight excluding hydrogens is 464 g/mol. The van der Waals surface area contributed by atoms with Crippen molar-refractivity contribution in [1.82, 2.24) is 24.6 Å². The molecule has 0 radical (unpaired) electrons. The van der Waals surface area contributed by atoms with E-state index in [-0.39, 0.29) is 18.2 Å². The predicted octanol–water partition coefficient (Wildman–Crippen LogP) is 3.88. The molecule has 9 heteroatoms. The van der Waals surface area contributed by atoms with Crippen LogP contribution in [0.5, 0.6) is 0 Å². The van der Waals surface area contributed by atoms with Gasteiger partial charge in [0.15, 0.2) is 0 Å². The number of hydrogen-bond donors (Lipinski definition) is 3. The monoisotopic (exact) mass is 494 g/mol. The van der Waals surface area contributed by atoms with Crippen LogP contribution in [0.25, 0.3) is 21.8 Å². The number of benzene rings is 1. The van der Waals surface area contributed by atoms with Crippen LogP contribution in [0.4, 0.5) is 5.69 Å². The Labute approximate surface area is 208 Å². The van der Waals surface area contributed by atoms with E-state index >= 15 is 0 Å². The molecule has 0 bridgehead atoms. The van der Waals surface area contributed by atoms with E-state index in [2.05, 4.69) is 17.6 Å². The fraction of sp³-hybridized carbons (Fsp3) is 0.423. The van der Waals surface area contributed by atoms with Gasteiger partial charge in [-0.1, -0.05) is 29.3 Å². The Morgan fingerprint density at radius 2 is 2.00 bits per heavy atom. The smallest absolute Gasteiger partial charge is 0.259 e. The summed E-state index contributed by atoms with van der Waals surface area (Å²) in [5.74, 6) is 0.331. The molecule has 0 saturated carbocycles. The highest BCUT2D eigenvalue weighted by Gasteiger charge is 2.25. The minimum Gasteiger partial charge on any atom is -0.394 e. The summed E-state index contributed by atoms with van der Waals surface area (Å²) < 4.78 is 3.37. The number of pyridine rings is 2. The van der Waals surface area contributed by atoms with Gasteiger partial charge in [0.2, 0.25) is 0 Å². The molecule has 0 amide bonds. The van der Waals surface area contributed by atoms with Gasteiger partial charge in [-0.05, 0) is 58.0 Å². The van der Waals surface area contributed by atoms with E-state index in [1.807, 2.05) is 37.3 Å². The summed E-state index contributed by atoms with van der Waals surface area (Å²) in [6.45, 7) is 6.21. The topological polar surface area (TPSA) is 97.0 Å². The zero-order valence-corrected chi connectivity index (χ0v) is 21.1.